The van der Waals surface area contributed by atoms with Gasteiger partial charge in [0.05, 0.1) is 19.2 Å². The van der Waals surface area contributed by atoms with Crippen molar-refractivity contribution in [1.82, 2.24) is 19.4 Å². The van der Waals surface area contributed by atoms with Crippen LogP contribution in [-0.2, 0) is 11.8 Å². The highest BCUT2D eigenvalue weighted by Gasteiger charge is 2.31. The second kappa shape index (κ2) is 11.3. The maximum atomic E-state index is 15.4. The summed E-state index contributed by atoms with van der Waals surface area (Å²) in [6.45, 7) is 2.03. The Morgan fingerprint density at radius 2 is 2.14 bits per heavy atom. The average molecular weight is 479 g/mol. The SMILES string of the molecule is COc1ccc2nccc([C@H](F)CC[C@@H]3CCN(CC#Cc4nccn4C)C[C@@H]3CC(=O)O)c2c1. The molecule has 35 heavy (non-hydrogen) atoms. The minimum atomic E-state index is -1.15. The lowest BCUT2D eigenvalue weighted by Crippen LogP contribution is -2.41. The first-order chi connectivity index (χ1) is 16.9. The Morgan fingerprint density at radius 3 is 2.89 bits per heavy atom. The third-order valence-electron chi connectivity index (χ3n) is 6.85. The van der Waals surface area contributed by atoms with Crippen LogP contribution in [0.5, 0.6) is 5.75 Å². The number of aliphatic carboxylic acids is 1. The van der Waals surface area contributed by atoms with Crippen LogP contribution < -0.4 is 4.74 Å². The van der Waals surface area contributed by atoms with Crippen LogP contribution in [-0.4, -0.2) is 57.3 Å². The number of likely N-dealkylation sites (tertiary alicyclic amines) is 1. The van der Waals surface area contributed by atoms with E-state index in [0.29, 0.717) is 43.1 Å². The second-order valence-corrected chi connectivity index (χ2v) is 9.13. The predicted octanol–water partition coefficient (Wildman–Crippen LogP) is 4.23. The van der Waals surface area contributed by atoms with Crippen LogP contribution in [0.2, 0.25) is 0 Å². The van der Waals surface area contributed by atoms with Gasteiger partial charge in [0.15, 0.2) is 5.82 Å². The number of alkyl halides is 1. The van der Waals surface area contributed by atoms with Crippen LogP contribution in [0.4, 0.5) is 4.39 Å². The summed E-state index contributed by atoms with van der Waals surface area (Å²) in [6, 6.07) is 7.20. The topological polar surface area (TPSA) is 80.5 Å². The van der Waals surface area contributed by atoms with Crippen molar-refractivity contribution in [2.45, 2.75) is 31.9 Å². The molecule has 0 saturated carbocycles. The number of carbonyl (C=O) groups is 1. The molecule has 8 heteroatoms. The van der Waals surface area contributed by atoms with Crippen molar-refractivity contribution in [2.24, 2.45) is 18.9 Å². The lowest BCUT2D eigenvalue weighted by molar-refractivity contribution is -0.139. The van der Waals surface area contributed by atoms with E-state index in [2.05, 4.69) is 26.7 Å². The second-order valence-electron chi connectivity index (χ2n) is 9.13. The molecule has 1 aliphatic rings. The molecule has 1 N–H and O–H groups in total. The Morgan fingerprint density at radius 1 is 1.29 bits per heavy atom. The van der Waals surface area contributed by atoms with Crippen LogP contribution in [0.1, 0.15) is 43.2 Å². The Bertz CT molecular complexity index is 1230. The van der Waals surface area contributed by atoms with E-state index >= 15 is 4.39 Å². The molecule has 2 aromatic heterocycles. The zero-order chi connectivity index (χ0) is 24.8. The number of benzene rings is 1. The number of fused-ring (bicyclic) bond motifs is 1. The number of rotatable bonds is 8. The number of imidazole rings is 1. The largest absolute Gasteiger partial charge is 0.497 e. The molecule has 4 rings (SSSR count). The summed E-state index contributed by atoms with van der Waals surface area (Å²) in [5, 5.41) is 10.2. The summed E-state index contributed by atoms with van der Waals surface area (Å²) in [5.74, 6) is 6.91. The first-order valence-corrected chi connectivity index (χ1v) is 11.9. The Balaban J connectivity index is 1.39. The molecule has 3 aromatic rings. The van der Waals surface area contributed by atoms with Gasteiger partial charge in [0.2, 0.25) is 0 Å². The van der Waals surface area contributed by atoms with Gasteiger partial charge in [-0.1, -0.05) is 5.92 Å². The summed E-state index contributed by atoms with van der Waals surface area (Å²) in [5.41, 5.74) is 1.33. The lowest BCUT2D eigenvalue weighted by Gasteiger charge is -2.37. The maximum absolute atomic E-state index is 15.4. The lowest BCUT2D eigenvalue weighted by atomic mass is 9.79. The third kappa shape index (κ3) is 6.17. The Labute approximate surface area is 204 Å². The molecular weight excluding hydrogens is 447 g/mol. The first kappa shape index (κ1) is 24.7. The van der Waals surface area contributed by atoms with Crippen molar-refractivity contribution in [3.8, 4) is 17.6 Å². The number of methoxy groups -OCH3 is 1. The van der Waals surface area contributed by atoms with Gasteiger partial charge in [-0.2, -0.15) is 0 Å². The fourth-order valence-electron chi connectivity index (χ4n) is 4.91. The molecule has 1 fully saturated rings. The summed E-state index contributed by atoms with van der Waals surface area (Å²) >= 11 is 0. The van der Waals surface area contributed by atoms with Crippen molar-refractivity contribution in [2.75, 3.05) is 26.7 Å². The number of aromatic nitrogens is 3. The number of piperidine rings is 1. The van der Waals surface area contributed by atoms with E-state index in [-0.39, 0.29) is 18.3 Å². The monoisotopic (exact) mass is 478 g/mol. The Kier molecular flexibility index (Phi) is 7.98. The summed E-state index contributed by atoms with van der Waals surface area (Å²) in [7, 11) is 3.48. The number of halogens is 1. The first-order valence-electron chi connectivity index (χ1n) is 11.9. The van der Waals surface area contributed by atoms with Gasteiger partial charge in [0.25, 0.3) is 0 Å². The van der Waals surface area contributed by atoms with Gasteiger partial charge in [-0.3, -0.25) is 14.7 Å². The molecule has 1 aliphatic heterocycles. The number of ether oxygens (including phenoxy) is 1. The highest BCUT2D eigenvalue weighted by molar-refractivity contribution is 5.83. The smallest absolute Gasteiger partial charge is 0.303 e. The zero-order valence-corrected chi connectivity index (χ0v) is 20.2. The van der Waals surface area contributed by atoms with Gasteiger partial charge in [0, 0.05) is 44.0 Å². The van der Waals surface area contributed by atoms with E-state index in [1.807, 2.05) is 36.0 Å². The molecule has 0 aliphatic carbocycles. The van der Waals surface area contributed by atoms with E-state index in [0.717, 1.165) is 23.9 Å². The summed E-state index contributed by atoms with van der Waals surface area (Å²) < 4.78 is 22.6. The molecular formula is C27H31FN4O3. The molecule has 3 heterocycles. The molecule has 0 unspecified atom stereocenters. The summed E-state index contributed by atoms with van der Waals surface area (Å²) in [4.78, 5) is 22.3. The van der Waals surface area contributed by atoms with E-state index in [9.17, 15) is 9.90 Å². The molecule has 1 saturated heterocycles. The van der Waals surface area contributed by atoms with Crippen LogP contribution in [0.25, 0.3) is 10.9 Å². The minimum absolute atomic E-state index is 0.0299. The molecule has 0 spiro atoms. The molecule has 0 amide bonds. The van der Waals surface area contributed by atoms with Gasteiger partial charge in [-0.05, 0) is 73.4 Å². The van der Waals surface area contributed by atoms with E-state index < -0.39 is 12.1 Å². The fourth-order valence-corrected chi connectivity index (χ4v) is 4.91. The van der Waals surface area contributed by atoms with Gasteiger partial charge in [-0.25, -0.2) is 9.37 Å². The van der Waals surface area contributed by atoms with Crippen LogP contribution in [0.15, 0.2) is 42.9 Å². The van der Waals surface area contributed by atoms with Gasteiger partial charge >= 0.3 is 5.97 Å². The molecule has 7 nitrogen and oxygen atoms in total. The summed E-state index contributed by atoms with van der Waals surface area (Å²) in [6.07, 6.45) is 5.94. The quantitative estimate of drug-likeness (QED) is 0.488. The van der Waals surface area contributed by atoms with E-state index in [1.54, 1.807) is 25.6 Å². The number of hydrogen-bond acceptors (Lipinski definition) is 5. The standard InChI is InChI=1S/C27H31FN4O3/c1-31-15-12-30-26(31)4-3-13-32-14-10-19(20(18-32)16-27(33)34)5-7-24(28)22-9-11-29-25-8-6-21(35-2)17-23(22)25/h6,8-9,11-12,15,17,19-20,24H,5,7,10,13-14,16,18H2,1-2H3,(H,33,34)/t19-,20+,24-/m1/s1. The van der Waals surface area contributed by atoms with Gasteiger partial charge in [-0.15, -0.1) is 0 Å². The highest BCUT2D eigenvalue weighted by Crippen LogP contribution is 2.36. The number of hydrogen-bond donors (Lipinski definition) is 1. The van der Waals surface area contributed by atoms with Crippen molar-refractivity contribution in [3.05, 3.63) is 54.2 Å². The maximum Gasteiger partial charge on any atom is 0.303 e. The number of carboxylic acid groups (broad SMARTS) is 1. The molecule has 184 valence electrons. The molecule has 0 radical (unpaired) electrons. The van der Waals surface area contributed by atoms with E-state index in [4.69, 9.17) is 4.74 Å². The number of aryl methyl sites for hydroxylation is 1. The number of carboxylic acids is 1. The van der Waals surface area contributed by atoms with Gasteiger partial charge in [0.1, 0.15) is 11.9 Å². The van der Waals surface area contributed by atoms with Crippen LogP contribution in [0.3, 0.4) is 0 Å². The minimum Gasteiger partial charge on any atom is -0.497 e. The third-order valence-corrected chi connectivity index (χ3v) is 6.85. The van der Waals surface area contributed by atoms with Crippen LogP contribution >= 0.6 is 0 Å². The molecule has 0 bridgehead atoms. The number of nitrogens with zero attached hydrogens (tertiary/aromatic N) is 4. The van der Waals surface area contributed by atoms with Crippen molar-refractivity contribution >= 4 is 16.9 Å². The average Bonchev–Trinajstić information content (AvgIpc) is 3.26. The zero-order valence-electron chi connectivity index (χ0n) is 20.2. The van der Waals surface area contributed by atoms with Crippen molar-refractivity contribution < 1.29 is 19.0 Å². The highest BCUT2D eigenvalue weighted by atomic mass is 19.1. The Hall–Kier alpha value is -3.44. The predicted molar refractivity (Wildman–Crippen MR) is 132 cm³/mol. The fraction of sp³-hybridized carbons (Fsp3) is 0.444. The van der Waals surface area contributed by atoms with Crippen molar-refractivity contribution in [3.63, 3.8) is 0 Å². The number of pyridine rings is 1. The normalized spacial score (nSPS) is 19.2. The van der Waals surface area contributed by atoms with Crippen molar-refractivity contribution in [1.29, 1.82) is 0 Å². The van der Waals surface area contributed by atoms with Gasteiger partial charge < -0.3 is 14.4 Å². The van der Waals surface area contributed by atoms with E-state index in [1.165, 1.54) is 0 Å². The molecule has 1 aromatic carbocycles. The van der Waals surface area contributed by atoms with Crippen LogP contribution in [0, 0.1) is 23.7 Å². The molecule has 3 atom stereocenters.